The van der Waals surface area contributed by atoms with Gasteiger partial charge in [-0.2, -0.15) is 0 Å². The molecule has 0 radical (unpaired) electrons. The van der Waals surface area contributed by atoms with Crippen molar-refractivity contribution in [1.29, 1.82) is 0 Å². The number of sulfone groups is 1. The molecule has 0 bridgehead atoms. The first-order valence-corrected chi connectivity index (χ1v) is 8.98. The summed E-state index contributed by atoms with van der Waals surface area (Å²) in [7, 11) is -7.27. The van der Waals surface area contributed by atoms with E-state index in [1.807, 2.05) is 0 Å². The van der Waals surface area contributed by atoms with Crippen molar-refractivity contribution in [2.45, 2.75) is 23.6 Å². The number of benzene rings is 1. The van der Waals surface area contributed by atoms with Gasteiger partial charge >= 0.3 is 5.97 Å². The molecule has 0 aromatic heterocycles. The molecule has 0 amide bonds. The van der Waals surface area contributed by atoms with Crippen molar-refractivity contribution in [3.05, 3.63) is 29.8 Å². The zero-order valence-corrected chi connectivity index (χ0v) is 12.5. The third-order valence-corrected chi connectivity index (χ3v) is 5.45. The first-order chi connectivity index (χ1) is 9.04. The maximum absolute atomic E-state index is 11.6. The van der Waals surface area contributed by atoms with Crippen molar-refractivity contribution in [2.24, 2.45) is 0 Å². The van der Waals surface area contributed by atoms with E-state index in [9.17, 15) is 21.6 Å². The number of carbonyl (C=O) groups is 1. The Morgan fingerprint density at radius 2 is 1.70 bits per heavy atom. The monoisotopic (exact) mass is 321 g/mol. The van der Waals surface area contributed by atoms with Crippen molar-refractivity contribution in [3.8, 4) is 0 Å². The van der Waals surface area contributed by atoms with Crippen LogP contribution in [0, 0.1) is 0 Å². The molecule has 0 heterocycles. The highest BCUT2D eigenvalue weighted by atomic mass is 32.2. The summed E-state index contributed by atoms with van der Waals surface area (Å²) >= 11 is 0. The Hall–Kier alpha value is -1.45. The average Bonchev–Trinajstić information content (AvgIpc) is 2.35. The van der Waals surface area contributed by atoms with E-state index in [2.05, 4.69) is 4.72 Å². The molecule has 0 aliphatic rings. The van der Waals surface area contributed by atoms with Crippen molar-refractivity contribution < 1.29 is 26.7 Å². The first-order valence-electron chi connectivity index (χ1n) is 5.54. The van der Waals surface area contributed by atoms with Crippen LogP contribution < -0.4 is 4.72 Å². The fourth-order valence-electron chi connectivity index (χ4n) is 1.30. The van der Waals surface area contributed by atoms with Gasteiger partial charge in [-0.25, -0.2) is 21.6 Å². The molecular formula is C11H15NO6S2. The normalized spacial score (nSPS) is 13.9. The number of hydrogen-bond acceptors (Lipinski definition) is 5. The van der Waals surface area contributed by atoms with Crippen LogP contribution in [-0.2, 0) is 31.2 Å². The van der Waals surface area contributed by atoms with E-state index in [4.69, 9.17) is 5.11 Å². The standard InChI is InChI=1S/C11H15NO6S2/c1-8(11(13)14)20(17,18)12-7-9-3-5-10(6-4-9)19(2,15)16/h3-6,8,12H,7H2,1-2H3,(H,13,14). The Bertz CT molecular complexity index is 691. The van der Waals surface area contributed by atoms with Gasteiger partial charge in [-0.1, -0.05) is 12.1 Å². The molecule has 9 heteroatoms. The van der Waals surface area contributed by atoms with Crippen LogP contribution in [0.1, 0.15) is 12.5 Å². The minimum Gasteiger partial charge on any atom is -0.480 e. The van der Waals surface area contributed by atoms with Gasteiger partial charge in [-0.05, 0) is 24.6 Å². The molecule has 0 aliphatic carbocycles. The number of rotatable bonds is 6. The molecule has 0 spiro atoms. The molecule has 1 rings (SSSR count). The minimum atomic E-state index is -3.96. The van der Waals surface area contributed by atoms with Crippen LogP contribution in [0.15, 0.2) is 29.2 Å². The molecule has 1 unspecified atom stereocenters. The largest absolute Gasteiger partial charge is 0.480 e. The Morgan fingerprint density at radius 1 is 1.20 bits per heavy atom. The van der Waals surface area contributed by atoms with E-state index in [1.165, 1.54) is 24.3 Å². The second-order valence-electron chi connectivity index (χ2n) is 4.26. The van der Waals surface area contributed by atoms with E-state index < -0.39 is 31.1 Å². The molecule has 1 aromatic carbocycles. The number of aliphatic carboxylic acids is 1. The predicted octanol–water partition coefficient (Wildman–Crippen LogP) is -0.0174. The van der Waals surface area contributed by atoms with Crippen LogP contribution in [0.3, 0.4) is 0 Å². The van der Waals surface area contributed by atoms with E-state index in [0.717, 1.165) is 13.2 Å². The molecule has 0 saturated heterocycles. The predicted molar refractivity (Wildman–Crippen MR) is 72.4 cm³/mol. The van der Waals surface area contributed by atoms with E-state index in [1.54, 1.807) is 0 Å². The zero-order valence-electron chi connectivity index (χ0n) is 10.9. The maximum atomic E-state index is 11.6. The highest BCUT2D eigenvalue weighted by molar-refractivity contribution is 7.91. The van der Waals surface area contributed by atoms with Crippen LogP contribution in [0.2, 0.25) is 0 Å². The molecule has 20 heavy (non-hydrogen) atoms. The van der Waals surface area contributed by atoms with E-state index >= 15 is 0 Å². The number of sulfonamides is 1. The number of carboxylic acid groups (broad SMARTS) is 1. The second-order valence-corrected chi connectivity index (χ2v) is 8.36. The van der Waals surface area contributed by atoms with Gasteiger partial charge in [0, 0.05) is 12.8 Å². The van der Waals surface area contributed by atoms with Crippen LogP contribution in [0.25, 0.3) is 0 Å². The number of nitrogens with one attached hydrogen (secondary N) is 1. The molecule has 2 N–H and O–H groups in total. The molecule has 1 aromatic rings. The molecule has 7 nitrogen and oxygen atoms in total. The fraction of sp³-hybridized carbons (Fsp3) is 0.364. The number of carboxylic acids is 1. The van der Waals surface area contributed by atoms with Gasteiger partial charge in [0.1, 0.15) is 0 Å². The van der Waals surface area contributed by atoms with Gasteiger partial charge in [0.25, 0.3) is 0 Å². The van der Waals surface area contributed by atoms with Crippen molar-refractivity contribution >= 4 is 25.8 Å². The van der Waals surface area contributed by atoms with Crippen LogP contribution in [0.4, 0.5) is 0 Å². The molecular weight excluding hydrogens is 306 g/mol. The van der Waals surface area contributed by atoms with Crippen molar-refractivity contribution in [2.75, 3.05) is 6.26 Å². The lowest BCUT2D eigenvalue weighted by Gasteiger charge is -2.10. The SMILES string of the molecule is CC(C(=O)O)S(=O)(=O)NCc1ccc(S(C)(=O)=O)cc1. The summed E-state index contributed by atoms with van der Waals surface area (Å²) in [5.74, 6) is -1.44. The highest BCUT2D eigenvalue weighted by Gasteiger charge is 2.26. The van der Waals surface area contributed by atoms with Gasteiger partial charge < -0.3 is 5.11 Å². The van der Waals surface area contributed by atoms with Crippen LogP contribution in [-0.4, -0.2) is 39.4 Å². The summed E-state index contributed by atoms with van der Waals surface area (Å²) in [5, 5.41) is 7.10. The summed E-state index contributed by atoms with van der Waals surface area (Å²) in [6.07, 6.45) is 1.07. The summed E-state index contributed by atoms with van der Waals surface area (Å²) < 4.78 is 47.8. The topological polar surface area (TPSA) is 118 Å². The van der Waals surface area contributed by atoms with Crippen LogP contribution >= 0.6 is 0 Å². The molecule has 112 valence electrons. The Balaban J connectivity index is 2.79. The third kappa shape index (κ3) is 4.29. The highest BCUT2D eigenvalue weighted by Crippen LogP contribution is 2.10. The minimum absolute atomic E-state index is 0.107. The summed E-state index contributed by atoms with van der Waals surface area (Å²) in [4.78, 5) is 10.8. The van der Waals surface area contributed by atoms with Crippen LogP contribution in [0.5, 0.6) is 0 Å². The smallest absolute Gasteiger partial charge is 0.323 e. The zero-order chi connectivity index (χ0) is 15.6. The Labute approximate surface area is 117 Å². The molecule has 0 saturated carbocycles. The second kappa shape index (κ2) is 5.90. The lowest BCUT2D eigenvalue weighted by Crippen LogP contribution is -2.37. The summed E-state index contributed by atoms with van der Waals surface area (Å²) in [6.45, 7) is 0.960. The van der Waals surface area contributed by atoms with Crippen molar-refractivity contribution in [1.82, 2.24) is 4.72 Å². The summed E-state index contributed by atoms with van der Waals surface area (Å²) in [6, 6.07) is 5.65. The first kappa shape index (κ1) is 16.6. The van der Waals surface area contributed by atoms with Gasteiger partial charge in [0.05, 0.1) is 4.90 Å². The van der Waals surface area contributed by atoms with Crippen molar-refractivity contribution in [3.63, 3.8) is 0 Å². The molecule has 0 aliphatic heterocycles. The Morgan fingerprint density at radius 3 is 2.10 bits per heavy atom. The molecule has 1 atom stereocenters. The van der Waals surface area contributed by atoms with E-state index in [0.29, 0.717) is 5.56 Å². The third-order valence-electron chi connectivity index (χ3n) is 2.64. The van der Waals surface area contributed by atoms with Gasteiger partial charge in [-0.15, -0.1) is 0 Å². The lowest BCUT2D eigenvalue weighted by atomic mass is 10.2. The quantitative estimate of drug-likeness (QED) is 0.760. The number of hydrogen-bond donors (Lipinski definition) is 2. The Kier molecular flexibility index (Phi) is 4.90. The lowest BCUT2D eigenvalue weighted by molar-refractivity contribution is -0.136. The summed E-state index contributed by atoms with van der Waals surface area (Å²) in [5.41, 5.74) is 0.526. The van der Waals surface area contributed by atoms with Gasteiger partial charge in [0.15, 0.2) is 15.1 Å². The van der Waals surface area contributed by atoms with E-state index in [-0.39, 0.29) is 11.4 Å². The average molecular weight is 321 g/mol. The maximum Gasteiger partial charge on any atom is 0.323 e. The fourth-order valence-corrected chi connectivity index (χ4v) is 2.81. The van der Waals surface area contributed by atoms with Gasteiger partial charge in [0.2, 0.25) is 10.0 Å². The van der Waals surface area contributed by atoms with Gasteiger partial charge in [-0.3, -0.25) is 4.79 Å². The molecule has 0 fully saturated rings.